The summed E-state index contributed by atoms with van der Waals surface area (Å²) in [5, 5.41) is 12.0. The summed E-state index contributed by atoms with van der Waals surface area (Å²) in [5.41, 5.74) is 1.31. The standard InChI is InChI=1S/C25H36N6O2/c1-29(19-21-7-3-2-4-8-21)13-6-12-26-25(32)22-9-5-14-31(20-22)24-11-10-23(27-28-24)30-15-17-33-18-16-30/h2-4,7-8,10-11,22H,5-6,9,12-20H2,1H3,(H,26,32). The summed E-state index contributed by atoms with van der Waals surface area (Å²) < 4.78 is 5.41. The molecule has 8 nitrogen and oxygen atoms in total. The molecule has 1 N–H and O–H groups in total. The number of aromatic nitrogens is 2. The van der Waals surface area contributed by atoms with Crippen LogP contribution in [-0.4, -0.2) is 80.5 Å². The zero-order valence-corrected chi connectivity index (χ0v) is 19.7. The van der Waals surface area contributed by atoms with Crippen molar-refractivity contribution in [3.05, 3.63) is 48.0 Å². The third-order valence-corrected chi connectivity index (χ3v) is 6.40. The van der Waals surface area contributed by atoms with E-state index >= 15 is 0 Å². The van der Waals surface area contributed by atoms with E-state index in [4.69, 9.17) is 4.74 Å². The normalized spacial score (nSPS) is 19.0. The largest absolute Gasteiger partial charge is 0.378 e. The SMILES string of the molecule is CN(CCCNC(=O)C1CCCN(c2ccc(N3CCOCC3)nn2)C1)Cc1ccccc1. The Morgan fingerprint density at radius 2 is 1.79 bits per heavy atom. The highest BCUT2D eigenvalue weighted by Crippen LogP contribution is 2.23. The summed E-state index contributed by atoms with van der Waals surface area (Å²) in [6, 6.07) is 14.5. The van der Waals surface area contributed by atoms with Crippen LogP contribution in [0.1, 0.15) is 24.8 Å². The predicted octanol–water partition coefficient (Wildman–Crippen LogP) is 2.17. The molecule has 8 heteroatoms. The number of amides is 1. The van der Waals surface area contributed by atoms with Crippen molar-refractivity contribution in [3.63, 3.8) is 0 Å². The Kier molecular flexibility index (Phi) is 8.49. The molecule has 2 fully saturated rings. The first kappa shape index (κ1) is 23.4. The van der Waals surface area contributed by atoms with Crippen LogP contribution in [0.4, 0.5) is 11.6 Å². The van der Waals surface area contributed by atoms with Crippen molar-refractivity contribution in [2.24, 2.45) is 5.92 Å². The van der Waals surface area contributed by atoms with Gasteiger partial charge in [0.05, 0.1) is 19.1 Å². The molecular weight excluding hydrogens is 416 g/mol. The van der Waals surface area contributed by atoms with E-state index in [0.717, 1.165) is 76.8 Å². The zero-order chi connectivity index (χ0) is 22.9. The lowest BCUT2D eigenvalue weighted by molar-refractivity contribution is -0.125. The average molecular weight is 453 g/mol. The van der Waals surface area contributed by atoms with Crippen molar-refractivity contribution in [2.75, 3.05) is 69.3 Å². The zero-order valence-electron chi connectivity index (χ0n) is 19.7. The van der Waals surface area contributed by atoms with Gasteiger partial charge < -0.3 is 24.8 Å². The Labute approximate surface area is 196 Å². The van der Waals surface area contributed by atoms with Gasteiger partial charge in [-0.2, -0.15) is 0 Å². The van der Waals surface area contributed by atoms with Gasteiger partial charge in [-0.25, -0.2) is 0 Å². The first-order valence-corrected chi connectivity index (χ1v) is 12.1. The molecule has 1 aromatic carbocycles. The van der Waals surface area contributed by atoms with Gasteiger partial charge in [-0.1, -0.05) is 30.3 Å². The smallest absolute Gasteiger partial charge is 0.224 e. The first-order valence-electron chi connectivity index (χ1n) is 12.1. The quantitative estimate of drug-likeness (QED) is 0.585. The molecule has 1 aromatic heterocycles. The van der Waals surface area contributed by atoms with E-state index in [0.29, 0.717) is 13.1 Å². The van der Waals surface area contributed by atoms with Crippen molar-refractivity contribution in [1.29, 1.82) is 0 Å². The van der Waals surface area contributed by atoms with Crippen LogP contribution >= 0.6 is 0 Å². The fraction of sp³-hybridized carbons (Fsp3) is 0.560. The summed E-state index contributed by atoms with van der Waals surface area (Å²) >= 11 is 0. The summed E-state index contributed by atoms with van der Waals surface area (Å²) in [6.07, 6.45) is 2.86. The molecule has 0 saturated carbocycles. The number of benzene rings is 1. The number of carbonyl (C=O) groups excluding carboxylic acids is 1. The number of anilines is 2. The van der Waals surface area contributed by atoms with Gasteiger partial charge in [0.25, 0.3) is 0 Å². The van der Waals surface area contributed by atoms with E-state index in [2.05, 4.69) is 61.5 Å². The predicted molar refractivity (Wildman–Crippen MR) is 130 cm³/mol. The van der Waals surface area contributed by atoms with Crippen LogP contribution < -0.4 is 15.1 Å². The minimum Gasteiger partial charge on any atom is -0.378 e. The van der Waals surface area contributed by atoms with Crippen LogP contribution in [0.3, 0.4) is 0 Å². The summed E-state index contributed by atoms with van der Waals surface area (Å²) in [6.45, 7) is 7.37. The van der Waals surface area contributed by atoms with Crippen molar-refractivity contribution in [2.45, 2.75) is 25.8 Å². The molecule has 33 heavy (non-hydrogen) atoms. The average Bonchev–Trinajstić information content (AvgIpc) is 2.88. The second-order valence-electron chi connectivity index (χ2n) is 9.00. The lowest BCUT2D eigenvalue weighted by atomic mass is 9.97. The molecule has 0 aliphatic carbocycles. The number of hydrogen-bond donors (Lipinski definition) is 1. The number of nitrogens with one attached hydrogen (secondary N) is 1. The number of piperidine rings is 1. The van der Waals surface area contributed by atoms with E-state index in [1.54, 1.807) is 0 Å². The number of carbonyl (C=O) groups is 1. The first-order chi connectivity index (χ1) is 16.2. The van der Waals surface area contributed by atoms with Crippen LogP contribution in [-0.2, 0) is 16.1 Å². The van der Waals surface area contributed by atoms with Gasteiger partial charge >= 0.3 is 0 Å². The Morgan fingerprint density at radius 3 is 2.52 bits per heavy atom. The van der Waals surface area contributed by atoms with Crippen LogP contribution in [0.2, 0.25) is 0 Å². The third-order valence-electron chi connectivity index (χ3n) is 6.40. The van der Waals surface area contributed by atoms with E-state index in [9.17, 15) is 4.79 Å². The summed E-state index contributed by atoms with van der Waals surface area (Å²) in [7, 11) is 2.12. The summed E-state index contributed by atoms with van der Waals surface area (Å²) in [4.78, 5) is 19.5. The van der Waals surface area contributed by atoms with E-state index in [-0.39, 0.29) is 11.8 Å². The molecule has 1 unspecified atom stereocenters. The Morgan fingerprint density at radius 1 is 1.06 bits per heavy atom. The molecule has 1 atom stereocenters. The number of morpholine rings is 1. The molecule has 4 rings (SSSR count). The molecule has 1 amide bonds. The Balaban J connectivity index is 1.19. The number of ether oxygens (including phenoxy) is 1. The Hall–Kier alpha value is -2.71. The van der Waals surface area contributed by atoms with Crippen LogP contribution in [0.25, 0.3) is 0 Å². The van der Waals surface area contributed by atoms with Crippen molar-refractivity contribution < 1.29 is 9.53 Å². The van der Waals surface area contributed by atoms with Gasteiger partial charge in [0.15, 0.2) is 11.6 Å². The van der Waals surface area contributed by atoms with Crippen LogP contribution in [0, 0.1) is 5.92 Å². The lowest BCUT2D eigenvalue weighted by Gasteiger charge is -2.33. The van der Waals surface area contributed by atoms with E-state index < -0.39 is 0 Å². The molecule has 0 spiro atoms. The molecule has 178 valence electrons. The maximum atomic E-state index is 12.8. The minimum absolute atomic E-state index is 0.00141. The number of nitrogens with zero attached hydrogens (tertiary/aromatic N) is 5. The topological polar surface area (TPSA) is 73.8 Å². The van der Waals surface area contributed by atoms with Gasteiger partial charge in [0.2, 0.25) is 5.91 Å². The minimum atomic E-state index is 0.00141. The van der Waals surface area contributed by atoms with Gasteiger partial charge in [-0.15, -0.1) is 10.2 Å². The second-order valence-corrected chi connectivity index (χ2v) is 9.00. The van der Waals surface area contributed by atoms with E-state index in [1.165, 1.54) is 5.56 Å². The van der Waals surface area contributed by atoms with Crippen molar-refractivity contribution >= 4 is 17.5 Å². The highest BCUT2D eigenvalue weighted by Gasteiger charge is 2.26. The molecular formula is C25H36N6O2. The monoisotopic (exact) mass is 452 g/mol. The second kappa shape index (κ2) is 12.0. The maximum Gasteiger partial charge on any atom is 0.224 e. The maximum absolute atomic E-state index is 12.8. The van der Waals surface area contributed by atoms with Crippen molar-refractivity contribution in [1.82, 2.24) is 20.4 Å². The van der Waals surface area contributed by atoms with Crippen LogP contribution in [0.5, 0.6) is 0 Å². The number of hydrogen-bond acceptors (Lipinski definition) is 7. The Bertz CT molecular complexity index is 857. The van der Waals surface area contributed by atoms with Gasteiger partial charge in [-0.05, 0) is 50.6 Å². The van der Waals surface area contributed by atoms with Gasteiger partial charge in [0, 0.05) is 39.3 Å². The van der Waals surface area contributed by atoms with E-state index in [1.807, 2.05) is 18.2 Å². The molecule has 2 aliphatic rings. The lowest BCUT2D eigenvalue weighted by Crippen LogP contribution is -2.44. The highest BCUT2D eigenvalue weighted by molar-refractivity contribution is 5.79. The van der Waals surface area contributed by atoms with Gasteiger partial charge in [0.1, 0.15) is 0 Å². The molecule has 0 bridgehead atoms. The van der Waals surface area contributed by atoms with Gasteiger partial charge in [-0.3, -0.25) is 4.79 Å². The molecule has 2 saturated heterocycles. The molecule has 2 aromatic rings. The van der Waals surface area contributed by atoms with Crippen molar-refractivity contribution in [3.8, 4) is 0 Å². The number of rotatable bonds is 9. The molecule has 3 heterocycles. The third kappa shape index (κ3) is 6.88. The summed E-state index contributed by atoms with van der Waals surface area (Å²) in [5.74, 6) is 1.91. The molecule has 2 aliphatic heterocycles. The highest BCUT2D eigenvalue weighted by atomic mass is 16.5. The fourth-order valence-corrected chi connectivity index (χ4v) is 4.53. The fourth-order valence-electron chi connectivity index (χ4n) is 4.53. The molecule has 0 radical (unpaired) electrons. The van der Waals surface area contributed by atoms with Crippen LogP contribution in [0.15, 0.2) is 42.5 Å².